The number of nitrogens with one attached hydrogen (secondary N) is 1. The van der Waals surface area contributed by atoms with Crippen molar-refractivity contribution in [3.63, 3.8) is 0 Å². The number of amides is 1. The minimum atomic E-state index is -4.35. The molecule has 2 aliphatic heterocycles. The van der Waals surface area contributed by atoms with Crippen molar-refractivity contribution in [3.05, 3.63) is 6.33 Å². The molecular weight excluding hydrogens is 335 g/mol. The van der Waals surface area contributed by atoms with Crippen molar-refractivity contribution in [2.24, 2.45) is 17.8 Å². The third-order valence-electron chi connectivity index (χ3n) is 5.88. The number of hydrogen-bond acceptors (Lipinski definition) is 4. The molecule has 138 valence electrons. The zero-order chi connectivity index (χ0) is 17.8. The molecule has 1 saturated carbocycles. The summed E-state index contributed by atoms with van der Waals surface area (Å²) >= 11 is 0. The maximum Gasteiger partial charge on any atom is 0.411 e. The van der Waals surface area contributed by atoms with Gasteiger partial charge in [-0.15, -0.1) is 0 Å². The van der Waals surface area contributed by atoms with E-state index in [0.29, 0.717) is 19.0 Å². The summed E-state index contributed by atoms with van der Waals surface area (Å²) in [6.45, 7) is 3.34. The standard InChI is InChI=1S/C16H22F3N5O/c1-9-6-11(9)14(25)23-4-2-10(3-5-23)12-7-13(16(17,18)19)24-15(22-12)20-8-21-24/h8-13H,2-7H2,1H3,(H,20,21,22)/t9-,11+,12+,13-/m1/s1. The smallest absolute Gasteiger partial charge is 0.351 e. The Hall–Kier alpha value is -1.80. The van der Waals surface area contributed by atoms with Crippen LogP contribution in [0.4, 0.5) is 19.1 Å². The van der Waals surface area contributed by atoms with Gasteiger partial charge in [-0.3, -0.25) is 4.79 Å². The number of carbonyl (C=O) groups is 1. The first-order chi connectivity index (χ1) is 11.8. The summed E-state index contributed by atoms with van der Waals surface area (Å²) in [7, 11) is 0. The zero-order valence-electron chi connectivity index (χ0n) is 14.0. The molecule has 25 heavy (non-hydrogen) atoms. The Labute approximate surface area is 143 Å². The number of halogens is 3. The van der Waals surface area contributed by atoms with Crippen molar-refractivity contribution in [3.8, 4) is 0 Å². The van der Waals surface area contributed by atoms with Gasteiger partial charge in [-0.25, -0.2) is 4.68 Å². The Kier molecular flexibility index (Phi) is 3.92. The lowest BCUT2D eigenvalue weighted by molar-refractivity contribution is -0.174. The highest BCUT2D eigenvalue weighted by atomic mass is 19.4. The normalized spacial score (nSPS) is 32.9. The number of carbonyl (C=O) groups excluding carboxylic acids is 1. The van der Waals surface area contributed by atoms with Gasteiger partial charge in [0.05, 0.1) is 0 Å². The van der Waals surface area contributed by atoms with E-state index in [0.717, 1.165) is 30.3 Å². The second-order valence-corrected chi connectivity index (χ2v) is 7.55. The van der Waals surface area contributed by atoms with Gasteiger partial charge in [-0.1, -0.05) is 6.92 Å². The molecule has 1 aromatic heterocycles. The van der Waals surface area contributed by atoms with Crippen molar-refractivity contribution >= 4 is 11.9 Å². The molecule has 0 unspecified atom stereocenters. The van der Waals surface area contributed by atoms with Gasteiger partial charge in [0.1, 0.15) is 6.33 Å². The Bertz CT molecular complexity index is 652. The van der Waals surface area contributed by atoms with E-state index in [1.54, 1.807) is 0 Å². The van der Waals surface area contributed by atoms with E-state index in [1.165, 1.54) is 0 Å². The fourth-order valence-electron chi connectivity index (χ4n) is 4.15. The Morgan fingerprint density at radius 3 is 2.56 bits per heavy atom. The number of alkyl halides is 3. The molecule has 4 rings (SSSR count). The van der Waals surface area contributed by atoms with Crippen LogP contribution in [-0.4, -0.2) is 50.9 Å². The third-order valence-corrected chi connectivity index (χ3v) is 5.88. The Morgan fingerprint density at radius 1 is 1.28 bits per heavy atom. The number of aromatic nitrogens is 3. The lowest BCUT2D eigenvalue weighted by Gasteiger charge is -2.40. The summed E-state index contributed by atoms with van der Waals surface area (Å²) in [6.07, 6.45) is -0.820. The molecule has 1 amide bonds. The van der Waals surface area contributed by atoms with E-state index in [2.05, 4.69) is 22.3 Å². The SMILES string of the molecule is C[C@@H]1C[C@@H]1C(=O)N1CCC([C@@H]2C[C@H](C(F)(F)F)n3ncnc3N2)CC1. The fourth-order valence-corrected chi connectivity index (χ4v) is 4.15. The molecular formula is C16H22F3N5O. The van der Waals surface area contributed by atoms with E-state index in [4.69, 9.17) is 0 Å². The summed E-state index contributed by atoms with van der Waals surface area (Å²) < 4.78 is 41.0. The van der Waals surface area contributed by atoms with Crippen LogP contribution in [0.2, 0.25) is 0 Å². The lowest BCUT2D eigenvalue weighted by Crippen LogP contribution is -2.47. The molecule has 9 heteroatoms. The summed E-state index contributed by atoms with van der Waals surface area (Å²) in [5, 5.41) is 6.84. The van der Waals surface area contributed by atoms with Crippen LogP contribution in [0.25, 0.3) is 0 Å². The van der Waals surface area contributed by atoms with Crippen LogP contribution in [0.15, 0.2) is 6.33 Å². The first kappa shape index (κ1) is 16.7. The highest BCUT2D eigenvalue weighted by Crippen LogP contribution is 2.42. The Balaban J connectivity index is 1.41. The highest BCUT2D eigenvalue weighted by molar-refractivity contribution is 5.81. The lowest BCUT2D eigenvalue weighted by atomic mass is 9.85. The second-order valence-electron chi connectivity index (χ2n) is 7.55. The average Bonchev–Trinajstić information content (AvgIpc) is 3.12. The summed E-state index contributed by atoms with van der Waals surface area (Å²) in [6, 6.07) is -1.93. The largest absolute Gasteiger partial charge is 0.411 e. The van der Waals surface area contributed by atoms with Crippen molar-refractivity contribution < 1.29 is 18.0 Å². The molecule has 4 atom stereocenters. The van der Waals surface area contributed by atoms with E-state index in [9.17, 15) is 18.0 Å². The molecule has 0 bridgehead atoms. The van der Waals surface area contributed by atoms with Crippen LogP contribution in [-0.2, 0) is 4.79 Å². The number of likely N-dealkylation sites (tertiary alicyclic amines) is 1. The van der Waals surface area contributed by atoms with E-state index < -0.39 is 12.2 Å². The molecule has 3 heterocycles. The van der Waals surface area contributed by atoms with Crippen LogP contribution >= 0.6 is 0 Å². The number of fused-ring (bicyclic) bond motifs is 1. The van der Waals surface area contributed by atoms with Gasteiger partial charge in [0.2, 0.25) is 11.9 Å². The number of hydrogen-bond donors (Lipinski definition) is 1. The molecule has 0 radical (unpaired) electrons. The van der Waals surface area contributed by atoms with Crippen LogP contribution in [0.1, 0.15) is 38.6 Å². The highest BCUT2D eigenvalue weighted by Gasteiger charge is 2.48. The van der Waals surface area contributed by atoms with Crippen molar-refractivity contribution in [2.75, 3.05) is 18.4 Å². The minimum Gasteiger partial charge on any atom is -0.351 e. The van der Waals surface area contributed by atoms with E-state index >= 15 is 0 Å². The topological polar surface area (TPSA) is 63.1 Å². The predicted molar refractivity (Wildman–Crippen MR) is 83.7 cm³/mol. The maximum absolute atomic E-state index is 13.4. The average molecular weight is 357 g/mol. The first-order valence-corrected chi connectivity index (χ1v) is 8.86. The fraction of sp³-hybridized carbons (Fsp3) is 0.812. The third kappa shape index (κ3) is 3.08. The summed E-state index contributed by atoms with van der Waals surface area (Å²) in [5.74, 6) is 1.15. The molecule has 1 N–H and O–H groups in total. The van der Waals surface area contributed by atoms with Crippen molar-refractivity contribution in [1.82, 2.24) is 19.7 Å². The van der Waals surface area contributed by atoms with Gasteiger partial charge in [-0.05, 0) is 37.5 Å². The van der Waals surface area contributed by atoms with Crippen molar-refractivity contribution in [1.29, 1.82) is 0 Å². The number of piperidine rings is 1. The number of nitrogens with zero attached hydrogens (tertiary/aromatic N) is 4. The molecule has 1 aromatic rings. The monoisotopic (exact) mass is 357 g/mol. The zero-order valence-corrected chi connectivity index (χ0v) is 14.0. The van der Waals surface area contributed by atoms with Gasteiger partial charge < -0.3 is 10.2 Å². The Morgan fingerprint density at radius 2 is 1.96 bits per heavy atom. The van der Waals surface area contributed by atoms with Gasteiger partial charge in [0.25, 0.3) is 0 Å². The van der Waals surface area contributed by atoms with Gasteiger partial charge >= 0.3 is 6.18 Å². The van der Waals surface area contributed by atoms with Crippen LogP contribution in [0.3, 0.4) is 0 Å². The second kappa shape index (κ2) is 5.88. The van der Waals surface area contributed by atoms with Gasteiger partial charge in [0, 0.05) is 25.0 Å². The van der Waals surface area contributed by atoms with Crippen molar-refractivity contribution in [2.45, 2.75) is 50.9 Å². The molecule has 1 aliphatic carbocycles. The molecule has 1 saturated heterocycles. The van der Waals surface area contributed by atoms with Gasteiger partial charge in [-0.2, -0.15) is 23.3 Å². The minimum absolute atomic E-state index is 0.0435. The summed E-state index contributed by atoms with van der Waals surface area (Å²) in [4.78, 5) is 18.1. The predicted octanol–water partition coefficient (Wildman–Crippen LogP) is 2.46. The van der Waals surface area contributed by atoms with E-state index in [1.807, 2.05) is 4.90 Å². The maximum atomic E-state index is 13.4. The molecule has 2 fully saturated rings. The molecule has 0 spiro atoms. The number of rotatable bonds is 2. The van der Waals surface area contributed by atoms with Crippen LogP contribution in [0, 0.1) is 17.8 Å². The molecule has 3 aliphatic rings. The number of anilines is 1. The molecule has 0 aromatic carbocycles. The molecule has 6 nitrogen and oxygen atoms in total. The van der Waals surface area contributed by atoms with Crippen LogP contribution < -0.4 is 5.32 Å². The van der Waals surface area contributed by atoms with Crippen LogP contribution in [0.5, 0.6) is 0 Å². The summed E-state index contributed by atoms with van der Waals surface area (Å²) in [5.41, 5.74) is 0. The van der Waals surface area contributed by atoms with E-state index in [-0.39, 0.29) is 36.2 Å². The van der Waals surface area contributed by atoms with Gasteiger partial charge in [0.15, 0.2) is 6.04 Å². The quantitative estimate of drug-likeness (QED) is 0.883. The first-order valence-electron chi connectivity index (χ1n) is 8.86.